The summed E-state index contributed by atoms with van der Waals surface area (Å²) in [6.45, 7) is 19.7. The molecule has 3 aliphatic heterocycles. The van der Waals surface area contributed by atoms with Crippen molar-refractivity contribution in [1.29, 1.82) is 0 Å². The van der Waals surface area contributed by atoms with E-state index in [0.29, 0.717) is 32.5 Å². The first-order valence-corrected chi connectivity index (χ1v) is 24.5. The SMILES string of the molecule is CC[C@H]1CN(C)[C@H](C)[C@@H](O)[C@](C)(O)[C@@H](CC)OC(=O)[C@H](C)C([C@H]2C[C@@](C)(OC)[C@@H](O)[C@H](C)O2)[C@H](C)[C@@H](O[C@@H]2O[C@H](C)C[C@H](N(C)CCn3cc(CCc4ccccc4)nn3)[C@H]2O)[C@](C)(O)C1. The van der Waals surface area contributed by atoms with Crippen molar-refractivity contribution in [2.24, 2.45) is 23.7 Å². The molecule has 16 nitrogen and oxygen atoms in total. The molecule has 0 amide bonds. The van der Waals surface area contributed by atoms with Crippen molar-refractivity contribution in [3.8, 4) is 0 Å². The van der Waals surface area contributed by atoms with Crippen LogP contribution in [-0.2, 0) is 47.9 Å². The molecule has 5 N–H and O–H groups in total. The molecule has 376 valence electrons. The fourth-order valence-corrected chi connectivity index (χ4v) is 11.2. The number of nitrogens with zero attached hydrogens (tertiary/aromatic N) is 5. The summed E-state index contributed by atoms with van der Waals surface area (Å²) in [6, 6.07) is 9.37. The van der Waals surface area contributed by atoms with Crippen molar-refractivity contribution >= 4 is 5.97 Å². The van der Waals surface area contributed by atoms with Crippen LogP contribution in [-0.4, -0.2) is 175 Å². The van der Waals surface area contributed by atoms with Crippen LogP contribution in [0.3, 0.4) is 0 Å². The topological polar surface area (TPSA) is 202 Å². The van der Waals surface area contributed by atoms with Gasteiger partial charge in [-0.2, -0.15) is 0 Å². The summed E-state index contributed by atoms with van der Waals surface area (Å²) in [5.41, 5.74) is -2.26. The molecule has 3 aliphatic rings. The van der Waals surface area contributed by atoms with Crippen LogP contribution in [0.4, 0.5) is 0 Å². The highest BCUT2D eigenvalue weighted by molar-refractivity contribution is 5.73. The first kappa shape index (κ1) is 54.3. The standard InChI is InChI=1S/C50H85N5O11/c1-14-35-26-48(8,60)45(66-47-42(56)38(25-30(3)63-47)53(11)23-24-55-29-37(51-52-55)22-21-36-19-17-16-18-20-36)31(4)41(39-27-49(9,62-13)44(58)34(7)64-39)32(5)46(59)65-40(15-2)50(10,61)43(57)33(6)54(12)28-35/h16-20,29-35,38-45,47,56-58,60-61H,14-15,21-28H2,1-13H3/t30-,31+,32-,33-,34+,35-,38+,39-,40-,41?,42-,43-,44+,45-,47+,48-,49-,50-/m1/s1. The molecule has 1 unspecified atom stereocenters. The number of aryl methyl sites for hydroxylation is 2. The lowest BCUT2D eigenvalue weighted by Gasteiger charge is -2.51. The van der Waals surface area contributed by atoms with Gasteiger partial charge in [0.25, 0.3) is 0 Å². The molecular formula is C50H85N5O11. The molecule has 0 spiro atoms. The number of hydrogen-bond acceptors (Lipinski definition) is 15. The molecule has 4 heterocycles. The summed E-state index contributed by atoms with van der Waals surface area (Å²) < 4.78 is 34.1. The summed E-state index contributed by atoms with van der Waals surface area (Å²) in [7, 11) is 5.38. The molecular weight excluding hydrogens is 847 g/mol. The number of hydrogen-bond donors (Lipinski definition) is 5. The minimum absolute atomic E-state index is 0.104. The molecule has 0 bridgehead atoms. The lowest BCUT2D eigenvalue weighted by molar-refractivity contribution is -0.303. The van der Waals surface area contributed by atoms with E-state index >= 15 is 0 Å². The van der Waals surface area contributed by atoms with Gasteiger partial charge in [-0.3, -0.25) is 14.4 Å². The third kappa shape index (κ3) is 12.6. The number of aliphatic hydroxyl groups excluding tert-OH is 3. The molecule has 0 aliphatic carbocycles. The van der Waals surface area contributed by atoms with Crippen LogP contribution >= 0.6 is 0 Å². The molecule has 1 aromatic heterocycles. The van der Waals surface area contributed by atoms with Crippen LogP contribution in [0.1, 0.15) is 113 Å². The predicted octanol–water partition coefficient (Wildman–Crippen LogP) is 4.01. The second kappa shape index (κ2) is 22.9. The average Bonchev–Trinajstić information content (AvgIpc) is 3.75. The van der Waals surface area contributed by atoms with Gasteiger partial charge in [0, 0.05) is 50.8 Å². The van der Waals surface area contributed by atoms with Gasteiger partial charge < -0.3 is 54.1 Å². The third-order valence-electron chi connectivity index (χ3n) is 15.7. The van der Waals surface area contributed by atoms with E-state index in [1.54, 1.807) is 34.8 Å². The van der Waals surface area contributed by atoms with Gasteiger partial charge in [-0.1, -0.05) is 69.7 Å². The van der Waals surface area contributed by atoms with Crippen molar-refractivity contribution < 1.29 is 54.0 Å². The van der Waals surface area contributed by atoms with E-state index in [1.807, 2.05) is 75.8 Å². The number of esters is 1. The molecule has 18 atom stereocenters. The quantitative estimate of drug-likeness (QED) is 0.180. The van der Waals surface area contributed by atoms with Crippen LogP contribution in [0.5, 0.6) is 0 Å². The Morgan fingerprint density at radius 3 is 2.26 bits per heavy atom. The number of methoxy groups -OCH3 is 1. The van der Waals surface area contributed by atoms with Crippen molar-refractivity contribution in [2.75, 3.05) is 34.3 Å². The van der Waals surface area contributed by atoms with Crippen molar-refractivity contribution in [3.05, 3.63) is 47.8 Å². The van der Waals surface area contributed by atoms with E-state index in [4.69, 9.17) is 23.7 Å². The minimum Gasteiger partial charge on any atom is -0.459 e. The van der Waals surface area contributed by atoms with Crippen molar-refractivity contribution in [3.63, 3.8) is 0 Å². The maximum absolute atomic E-state index is 14.6. The fraction of sp³-hybridized carbons (Fsp3) is 0.820. The highest BCUT2D eigenvalue weighted by Gasteiger charge is 2.55. The molecule has 3 saturated heterocycles. The highest BCUT2D eigenvalue weighted by Crippen LogP contribution is 2.45. The Labute approximate surface area is 394 Å². The summed E-state index contributed by atoms with van der Waals surface area (Å²) in [5, 5.41) is 69.0. The van der Waals surface area contributed by atoms with E-state index < -0.39 is 95.6 Å². The van der Waals surface area contributed by atoms with Gasteiger partial charge in [0.15, 0.2) is 6.29 Å². The van der Waals surface area contributed by atoms with Gasteiger partial charge in [0.2, 0.25) is 0 Å². The van der Waals surface area contributed by atoms with Crippen LogP contribution < -0.4 is 0 Å². The van der Waals surface area contributed by atoms with Crippen molar-refractivity contribution in [1.82, 2.24) is 24.8 Å². The lowest BCUT2D eigenvalue weighted by Crippen LogP contribution is -2.62. The van der Waals surface area contributed by atoms with Gasteiger partial charge in [-0.05, 0) is 105 Å². The lowest BCUT2D eigenvalue weighted by atomic mass is 9.68. The normalized spacial score (nSPS) is 41.6. The minimum atomic E-state index is -1.80. The molecule has 1 aromatic carbocycles. The van der Waals surface area contributed by atoms with Crippen LogP contribution in [0.2, 0.25) is 0 Å². The van der Waals surface area contributed by atoms with Gasteiger partial charge >= 0.3 is 5.97 Å². The zero-order chi connectivity index (χ0) is 48.9. The van der Waals surface area contributed by atoms with Crippen LogP contribution in [0, 0.1) is 23.7 Å². The zero-order valence-corrected chi connectivity index (χ0v) is 42.1. The smallest absolute Gasteiger partial charge is 0.309 e. The Bertz CT molecular complexity index is 1800. The monoisotopic (exact) mass is 932 g/mol. The first-order chi connectivity index (χ1) is 31.0. The number of benzene rings is 1. The molecule has 66 heavy (non-hydrogen) atoms. The van der Waals surface area contributed by atoms with Gasteiger partial charge in [0.1, 0.15) is 30.0 Å². The number of likely N-dealkylation sites (N-methyl/N-ethyl adjacent to an activating group) is 2. The Morgan fingerprint density at radius 2 is 1.62 bits per heavy atom. The maximum atomic E-state index is 14.6. The number of aliphatic hydroxyl groups is 5. The number of carbonyl (C=O) groups excluding carboxylic acids is 1. The summed E-state index contributed by atoms with van der Waals surface area (Å²) >= 11 is 0. The zero-order valence-electron chi connectivity index (χ0n) is 42.1. The second-order valence-corrected chi connectivity index (χ2v) is 20.9. The number of ether oxygens (including phenoxy) is 5. The van der Waals surface area contributed by atoms with E-state index in [1.165, 1.54) is 12.5 Å². The Balaban J connectivity index is 1.48. The molecule has 0 saturated carbocycles. The molecule has 3 fully saturated rings. The van der Waals surface area contributed by atoms with Crippen LogP contribution in [0.15, 0.2) is 36.5 Å². The summed E-state index contributed by atoms with van der Waals surface area (Å²) in [4.78, 5) is 18.7. The summed E-state index contributed by atoms with van der Waals surface area (Å²) in [6.07, 6.45) is -2.78. The molecule has 0 radical (unpaired) electrons. The Morgan fingerprint density at radius 1 is 0.939 bits per heavy atom. The first-order valence-electron chi connectivity index (χ1n) is 24.5. The summed E-state index contributed by atoms with van der Waals surface area (Å²) in [5.74, 6) is -3.00. The van der Waals surface area contributed by atoms with E-state index in [0.717, 1.165) is 18.5 Å². The van der Waals surface area contributed by atoms with E-state index in [9.17, 15) is 30.3 Å². The number of aromatic nitrogens is 3. The second-order valence-electron chi connectivity index (χ2n) is 20.9. The third-order valence-corrected chi connectivity index (χ3v) is 15.7. The highest BCUT2D eigenvalue weighted by atomic mass is 16.7. The predicted molar refractivity (Wildman–Crippen MR) is 250 cm³/mol. The molecule has 2 aromatic rings. The van der Waals surface area contributed by atoms with Gasteiger partial charge in [0.05, 0.1) is 53.8 Å². The number of rotatable bonds is 13. The van der Waals surface area contributed by atoms with E-state index in [2.05, 4.69) is 34.3 Å². The van der Waals surface area contributed by atoms with Gasteiger partial charge in [-0.25, -0.2) is 0 Å². The van der Waals surface area contributed by atoms with Crippen LogP contribution in [0.25, 0.3) is 0 Å². The average molecular weight is 932 g/mol. The Kier molecular flexibility index (Phi) is 18.8. The van der Waals surface area contributed by atoms with Crippen molar-refractivity contribution in [2.45, 2.75) is 205 Å². The Hall–Kier alpha value is -2.61. The number of carbonyl (C=O) groups is 1. The molecule has 5 rings (SSSR count). The largest absolute Gasteiger partial charge is 0.459 e. The maximum Gasteiger partial charge on any atom is 0.309 e. The van der Waals surface area contributed by atoms with Gasteiger partial charge in [-0.15, -0.1) is 5.10 Å². The fourth-order valence-electron chi connectivity index (χ4n) is 11.2. The molecule has 16 heteroatoms. The van der Waals surface area contributed by atoms with E-state index in [-0.39, 0.29) is 37.3 Å². The number of cyclic esters (lactones) is 1.